The van der Waals surface area contributed by atoms with Gasteiger partial charge in [-0.05, 0) is 166 Å². The standard InChI is InChI=1S/C48H92N4O3Si3/c1-18-58(19-2,20-3)55-47(11,12)31-21-24-37(4)41-29-30-42-39(25-22-32-48(41,42)13)28-27-38-34-43(53-56(14,15)45(5,6)7)40(26-23-33-52-36-49-50-51-52)44(35-38)54-57(16,17)46(8,9)10/h27-28,36-37,40-44H,18-26,29-35H2,1-17H3/b38-27?,39-28+/t37-,40?,41-,42+,43-,44-,48-/m1/s1. The quantitative estimate of drug-likeness (QED) is 0.129. The highest BCUT2D eigenvalue weighted by atomic mass is 28.4. The van der Waals surface area contributed by atoms with Gasteiger partial charge in [-0.2, -0.15) is 0 Å². The Bertz CT molecular complexity index is 1440. The van der Waals surface area contributed by atoms with Crippen LogP contribution in [0.15, 0.2) is 29.6 Å². The molecule has 3 fully saturated rings. The summed E-state index contributed by atoms with van der Waals surface area (Å²) >= 11 is 0. The predicted molar refractivity (Wildman–Crippen MR) is 254 cm³/mol. The monoisotopic (exact) mass is 857 g/mol. The largest absolute Gasteiger partial charge is 0.413 e. The van der Waals surface area contributed by atoms with E-state index in [0.29, 0.717) is 17.3 Å². The Morgan fingerprint density at radius 1 is 0.862 bits per heavy atom. The van der Waals surface area contributed by atoms with Gasteiger partial charge in [-0.1, -0.05) is 112 Å². The predicted octanol–water partition coefficient (Wildman–Crippen LogP) is 14.3. The van der Waals surface area contributed by atoms with Crippen LogP contribution in [0.4, 0.5) is 0 Å². The van der Waals surface area contributed by atoms with Crippen LogP contribution in [-0.4, -0.2) is 63.0 Å². The third-order valence-corrected chi connectivity index (χ3v) is 30.7. The van der Waals surface area contributed by atoms with Crippen LogP contribution in [0.25, 0.3) is 0 Å². The van der Waals surface area contributed by atoms with Crippen molar-refractivity contribution in [3.8, 4) is 0 Å². The van der Waals surface area contributed by atoms with Gasteiger partial charge in [0.1, 0.15) is 6.33 Å². The van der Waals surface area contributed by atoms with Crippen LogP contribution in [0, 0.1) is 29.1 Å². The Labute approximate surface area is 361 Å². The summed E-state index contributed by atoms with van der Waals surface area (Å²) in [4.78, 5) is 0. The molecule has 58 heavy (non-hydrogen) atoms. The number of hydrogen-bond donors (Lipinski definition) is 0. The molecular formula is C48H92N4O3Si3. The maximum absolute atomic E-state index is 7.48. The van der Waals surface area contributed by atoms with Gasteiger partial charge in [0.15, 0.2) is 25.0 Å². The topological polar surface area (TPSA) is 71.3 Å². The van der Waals surface area contributed by atoms with Gasteiger partial charge >= 0.3 is 0 Å². The lowest BCUT2D eigenvalue weighted by molar-refractivity contribution is 0.00185. The highest BCUT2D eigenvalue weighted by Gasteiger charge is 2.51. The molecule has 0 aromatic carbocycles. The van der Waals surface area contributed by atoms with Crippen molar-refractivity contribution in [1.29, 1.82) is 0 Å². The molecule has 10 heteroatoms. The fourth-order valence-electron chi connectivity index (χ4n) is 10.9. The number of aryl methyl sites for hydroxylation is 1. The number of aromatic nitrogens is 4. The normalized spacial score (nSPS) is 27.9. The van der Waals surface area contributed by atoms with Gasteiger partial charge in [0.05, 0.1) is 17.8 Å². The van der Waals surface area contributed by atoms with E-state index in [0.717, 1.165) is 44.1 Å². The molecule has 0 N–H and O–H groups in total. The number of tetrazole rings is 1. The van der Waals surface area contributed by atoms with Gasteiger partial charge in [0.25, 0.3) is 0 Å². The SMILES string of the molecule is CC[Si](CC)(CC)OC(C)(C)CCC[C@@H](C)[C@H]1CC[C@H]2/C(=C/C=C3C[C@@H](O[Si](C)(C)C(C)(C)C)C(CCCn4cnnn4)[C@H](O[Si](C)(C)C(C)(C)C)C3)CCC[C@]12C. The molecule has 3 saturated carbocycles. The van der Waals surface area contributed by atoms with E-state index in [2.05, 4.69) is 144 Å². The Kier molecular flexibility index (Phi) is 16.8. The third-order valence-electron chi connectivity index (χ3n) is 16.8. The zero-order valence-corrected chi connectivity index (χ0v) is 44.0. The number of hydrogen-bond acceptors (Lipinski definition) is 6. The first-order chi connectivity index (χ1) is 26.8. The van der Waals surface area contributed by atoms with E-state index in [1.54, 1.807) is 11.9 Å². The van der Waals surface area contributed by atoms with E-state index in [-0.39, 0.29) is 27.9 Å². The van der Waals surface area contributed by atoms with Crippen molar-refractivity contribution >= 4 is 25.0 Å². The maximum Gasteiger partial charge on any atom is 0.192 e. The molecule has 0 spiro atoms. The van der Waals surface area contributed by atoms with Crippen LogP contribution in [0.3, 0.4) is 0 Å². The van der Waals surface area contributed by atoms with E-state index < -0.39 is 25.0 Å². The second-order valence-electron chi connectivity index (χ2n) is 23.3. The van der Waals surface area contributed by atoms with Crippen LogP contribution >= 0.6 is 0 Å². The lowest BCUT2D eigenvalue weighted by Gasteiger charge is -2.49. The fourth-order valence-corrected chi connectivity index (χ4v) is 16.8. The van der Waals surface area contributed by atoms with Crippen LogP contribution in [-0.2, 0) is 19.8 Å². The summed E-state index contributed by atoms with van der Waals surface area (Å²) in [6.07, 6.45) is 21.7. The average molecular weight is 858 g/mol. The van der Waals surface area contributed by atoms with Gasteiger partial charge in [-0.25, -0.2) is 4.68 Å². The summed E-state index contributed by atoms with van der Waals surface area (Å²) in [5.74, 6) is 2.61. The molecule has 3 aliphatic rings. The minimum absolute atomic E-state index is 0.0113. The molecule has 1 aromatic rings. The molecule has 0 unspecified atom stereocenters. The first kappa shape index (κ1) is 49.7. The van der Waals surface area contributed by atoms with Crippen molar-refractivity contribution < 1.29 is 13.3 Å². The fraction of sp³-hybridized carbons (Fsp3) is 0.896. The second-order valence-corrected chi connectivity index (χ2v) is 37.5. The molecule has 0 saturated heterocycles. The first-order valence-corrected chi connectivity index (χ1v) is 32.3. The van der Waals surface area contributed by atoms with Crippen molar-refractivity contribution in [2.75, 3.05) is 0 Å². The Hall–Kier alpha value is -0.919. The van der Waals surface area contributed by atoms with Crippen molar-refractivity contribution in [3.63, 3.8) is 0 Å². The Morgan fingerprint density at radius 2 is 1.45 bits per heavy atom. The average Bonchev–Trinajstić information content (AvgIpc) is 3.77. The summed E-state index contributed by atoms with van der Waals surface area (Å²) in [7, 11) is -5.71. The van der Waals surface area contributed by atoms with E-state index >= 15 is 0 Å². The molecule has 334 valence electrons. The summed E-state index contributed by atoms with van der Waals surface area (Å²) in [6, 6.07) is 3.69. The molecule has 1 aromatic heterocycles. The van der Waals surface area contributed by atoms with Gasteiger partial charge in [-0.15, -0.1) is 5.10 Å². The summed E-state index contributed by atoms with van der Waals surface area (Å²) in [6.45, 7) is 41.9. The number of nitrogens with zero attached hydrogens (tertiary/aromatic N) is 4. The molecule has 1 heterocycles. The van der Waals surface area contributed by atoms with Crippen molar-refractivity contribution in [2.45, 2.75) is 246 Å². The number of rotatable bonds is 19. The second kappa shape index (κ2) is 19.6. The molecule has 0 radical (unpaired) electrons. The van der Waals surface area contributed by atoms with E-state index in [4.69, 9.17) is 13.3 Å². The highest BCUT2D eigenvalue weighted by Crippen LogP contribution is 2.60. The van der Waals surface area contributed by atoms with Crippen LogP contribution in [0.2, 0.25) is 54.4 Å². The van der Waals surface area contributed by atoms with Gasteiger partial charge in [0, 0.05) is 12.5 Å². The van der Waals surface area contributed by atoms with Crippen molar-refractivity contribution in [2.24, 2.45) is 29.1 Å². The number of allylic oxidation sites excluding steroid dienone is 3. The molecule has 0 amide bonds. The Balaban J connectivity index is 1.56. The number of fused-ring (bicyclic) bond motifs is 1. The van der Waals surface area contributed by atoms with Gasteiger partial charge in [0.2, 0.25) is 0 Å². The maximum atomic E-state index is 7.48. The summed E-state index contributed by atoms with van der Waals surface area (Å²) < 4.78 is 23.8. The Morgan fingerprint density at radius 3 is 1.97 bits per heavy atom. The highest BCUT2D eigenvalue weighted by molar-refractivity contribution is 6.74. The van der Waals surface area contributed by atoms with Gasteiger partial charge < -0.3 is 13.3 Å². The smallest absolute Gasteiger partial charge is 0.192 e. The third kappa shape index (κ3) is 12.2. The molecule has 3 aliphatic carbocycles. The van der Waals surface area contributed by atoms with Crippen molar-refractivity contribution in [3.05, 3.63) is 29.6 Å². The molecule has 0 bridgehead atoms. The van der Waals surface area contributed by atoms with E-state index in [9.17, 15) is 0 Å². The minimum atomic E-state index is -2.05. The van der Waals surface area contributed by atoms with E-state index in [1.807, 2.05) is 4.68 Å². The van der Waals surface area contributed by atoms with Crippen LogP contribution < -0.4 is 0 Å². The lowest BCUT2D eigenvalue weighted by Crippen LogP contribution is -2.53. The molecular weight excluding hydrogens is 765 g/mol. The van der Waals surface area contributed by atoms with Gasteiger partial charge in [-0.3, -0.25) is 0 Å². The lowest BCUT2D eigenvalue weighted by atomic mass is 9.60. The van der Waals surface area contributed by atoms with Crippen LogP contribution in [0.1, 0.15) is 167 Å². The molecule has 7 nitrogen and oxygen atoms in total. The molecule has 0 aliphatic heterocycles. The van der Waals surface area contributed by atoms with Crippen LogP contribution in [0.5, 0.6) is 0 Å². The van der Waals surface area contributed by atoms with Crippen molar-refractivity contribution in [1.82, 2.24) is 20.2 Å². The summed E-state index contributed by atoms with van der Waals surface area (Å²) in [5, 5.41) is 12.2. The zero-order valence-electron chi connectivity index (χ0n) is 41.0. The minimum Gasteiger partial charge on any atom is -0.413 e. The first-order valence-electron chi connectivity index (χ1n) is 24.0. The molecule has 4 rings (SSSR count). The summed E-state index contributed by atoms with van der Waals surface area (Å²) in [5.41, 5.74) is 3.64. The zero-order chi connectivity index (χ0) is 43.4. The molecule has 6 atom stereocenters. The van der Waals surface area contributed by atoms with E-state index in [1.165, 1.54) is 75.1 Å².